The maximum Gasteiger partial charge on any atom is 0.419 e. The van der Waals surface area contributed by atoms with Gasteiger partial charge in [-0.2, -0.15) is 13.2 Å². The first-order valence-corrected chi connectivity index (χ1v) is 17.4. The van der Waals surface area contributed by atoms with E-state index in [1.807, 2.05) is 0 Å². The van der Waals surface area contributed by atoms with Gasteiger partial charge < -0.3 is 20.7 Å². The number of nitrogens with zero attached hydrogens (tertiary/aromatic N) is 3. The van der Waals surface area contributed by atoms with Gasteiger partial charge in [0.15, 0.2) is 0 Å². The number of ether oxygens (including phenoxy) is 1. The van der Waals surface area contributed by atoms with Crippen LogP contribution in [0, 0.1) is 18.6 Å². The minimum Gasteiger partial charge on any atom is -0.507 e. The van der Waals surface area contributed by atoms with E-state index < -0.39 is 64.4 Å². The predicted molar refractivity (Wildman–Crippen MR) is 192 cm³/mol. The molecule has 11 nitrogen and oxygen atoms in total. The van der Waals surface area contributed by atoms with Crippen LogP contribution in [0.25, 0.3) is 22.0 Å². The number of phenolic OH excluding ortho intramolecular Hbond substituents is 1. The molecule has 2 atom stereocenters. The number of thioether (sulfide) groups is 1. The molecule has 286 valence electrons. The van der Waals surface area contributed by atoms with Crippen LogP contribution in [0.1, 0.15) is 40.8 Å². The first-order chi connectivity index (χ1) is 25.5. The van der Waals surface area contributed by atoms with Gasteiger partial charge in [0, 0.05) is 24.4 Å². The number of pyridine rings is 1. The number of halogens is 5. The Morgan fingerprint density at radius 1 is 1.07 bits per heavy atom. The minimum absolute atomic E-state index is 0.0306. The number of hydrogen-bond donors (Lipinski definition) is 3. The van der Waals surface area contributed by atoms with Crippen LogP contribution in [-0.2, 0) is 40.6 Å². The molecular formula is C37H35F5N4O7S. The highest BCUT2D eigenvalue weighted by atomic mass is 32.2. The quantitative estimate of drug-likeness (QED) is 0.128. The SMILES string of the molecule is CCOC(=O)C(Cc1cc(-c2c(C)cccc2O)cc(C(F)(F)F)c1F)SC.Cn1c(=O)n(C(C(N)=O)c2cc(CO)ccc2F)c(=O)c2ccncc21. The summed E-state index contributed by atoms with van der Waals surface area (Å²) in [7, 11) is 1.40. The van der Waals surface area contributed by atoms with E-state index in [0.717, 1.165) is 22.4 Å². The molecule has 1 amide bonds. The zero-order valence-corrected chi connectivity index (χ0v) is 30.1. The van der Waals surface area contributed by atoms with Crippen molar-refractivity contribution in [1.82, 2.24) is 14.1 Å². The highest BCUT2D eigenvalue weighted by Gasteiger charge is 2.37. The molecule has 54 heavy (non-hydrogen) atoms. The molecular weight excluding hydrogens is 739 g/mol. The minimum atomic E-state index is -4.92. The molecule has 0 aliphatic carbocycles. The van der Waals surface area contributed by atoms with Crippen LogP contribution in [0.5, 0.6) is 5.75 Å². The van der Waals surface area contributed by atoms with Crippen LogP contribution in [0.15, 0.2) is 76.6 Å². The van der Waals surface area contributed by atoms with Crippen molar-refractivity contribution in [1.29, 1.82) is 0 Å². The first-order valence-electron chi connectivity index (χ1n) is 16.1. The zero-order valence-electron chi connectivity index (χ0n) is 29.3. The van der Waals surface area contributed by atoms with Gasteiger partial charge in [-0.25, -0.2) is 18.1 Å². The van der Waals surface area contributed by atoms with Gasteiger partial charge in [-0.3, -0.25) is 23.9 Å². The maximum absolute atomic E-state index is 14.7. The van der Waals surface area contributed by atoms with Gasteiger partial charge in [-0.1, -0.05) is 18.2 Å². The van der Waals surface area contributed by atoms with E-state index in [0.29, 0.717) is 21.8 Å². The average molecular weight is 775 g/mol. The molecule has 2 heterocycles. The fourth-order valence-electron chi connectivity index (χ4n) is 5.77. The first kappa shape index (κ1) is 41.2. The molecule has 0 aliphatic heterocycles. The lowest BCUT2D eigenvalue weighted by Crippen LogP contribution is -2.46. The van der Waals surface area contributed by atoms with Crippen LogP contribution in [0.4, 0.5) is 22.0 Å². The molecule has 4 N–H and O–H groups in total. The molecule has 0 saturated carbocycles. The fraction of sp³-hybridized carbons (Fsp3) is 0.270. The molecule has 0 fully saturated rings. The second-order valence-electron chi connectivity index (χ2n) is 11.9. The maximum atomic E-state index is 14.7. The van der Waals surface area contributed by atoms with Crippen LogP contribution < -0.4 is 17.0 Å². The van der Waals surface area contributed by atoms with E-state index in [4.69, 9.17) is 10.5 Å². The summed E-state index contributed by atoms with van der Waals surface area (Å²) in [5.41, 5.74) is 3.14. The third-order valence-corrected chi connectivity index (χ3v) is 9.33. The number of aliphatic hydroxyl groups is 1. The van der Waals surface area contributed by atoms with Gasteiger partial charge in [0.2, 0.25) is 5.91 Å². The molecule has 0 bridgehead atoms. The van der Waals surface area contributed by atoms with Crippen LogP contribution in [-0.4, -0.2) is 54.3 Å². The summed E-state index contributed by atoms with van der Waals surface area (Å²) in [5.74, 6) is -4.15. The lowest BCUT2D eigenvalue weighted by atomic mass is 9.93. The number of carbonyl (C=O) groups excluding carboxylic acids is 2. The molecule has 17 heteroatoms. The number of hydrogen-bond acceptors (Lipinski definition) is 9. The number of rotatable bonds is 10. The van der Waals surface area contributed by atoms with E-state index in [9.17, 15) is 51.3 Å². The number of alkyl halides is 3. The lowest BCUT2D eigenvalue weighted by molar-refractivity contribution is -0.142. The number of benzene rings is 3. The Hall–Kier alpha value is -5.55. The molecule has 5 aromatic rings. The Kier molecular flexibility index (Phi) is 13.0. The Bertz CT molecular complexity index is 2310. The van der Waals surface area contributed by atoms with Crippen molar-refractivity contribution in [3.05, 3.63) is 127 Å². The van der Waals surface area contributed by atoms with E-state index in [-0.39, 0.29) is 51.9 Å². The van der Waals surface area contributed by atoms with Crippen molar-refractivity contribution in [3.63, 3.8) is 0 Å². The van der Waals surface area contributed by atoms with Crippen molar-refractivity contribution in [2.24, 2.45) is 12.8 Å². The largest absolute Gasteiger partial charge is 0.507 e. The molecule has 0 aliphatic rings. The number of aryl methyl sites for hydroxylation is 2. The van der Waals surface area contributed by atoms with Crippen LogP contribution in [0.3, 0.4) is 0 Å². The van der Waals surface area contributed by atoms with Crippen molar-refractivity contribution < 1.29 is 46.5 Å². The summed E-state index contributed by atoms with van der Waals surface area (Å²) >= 11 is 1.07. The zero-order chi connectivity index (χ0) is 40.1. The second-order valence-corrected chi connectivity index (χ2v) is 12.9. The standard InChI is InChI=1S/C20H20F4O3S.C17H15FN4O4/c1-4-27-19(26)16(28-3)10-13-8-12(9-14(18(13)21)20(22,23)24)17-11(2)6-5-7-15(17)25;1-21-13-7-20-5-4-10(13)16(25)22(17(21)26)14(15(19)24)11-6-9(8-23)2-3-12(11)18/h5-9,16,25H,4,10H2,1-3H3;2-7,14,23H,8H2,1H3,(H2,19,24). The van der Waals surface area contributed by atoms with Crippen molar-refractivity contribution >= 4 is 34.5 Å². The number of aliphatic hydroxyl groups excluding tert-OH is 1. The normalized spacial score (nSPS) is 12.5. The average Bonchev–Trinajstić information content (AvgIpc) is 3.12. The van der Waals surface area contributed by atoms with Crippen LogP contribution in [0.2, 0.25) is 0 Å². The summed E-state index contributed by atoms with van der Waals surface area (Å²) < 4.78 is 76.0. The van der Waals surface area contributed by atoms with Gasteiger partial charge in [-0.05, 0) is 85.2 Å². The van der Waals surface area contributed by atoms with Crippen molar-refractivity contribution in [3.8, 4) is 16.9 Å². The Morgan fingerprint density at radius 3 is 2.37 bits per heavy atom. The Labute approximate surface area is 308 Å². The number of phenols is 1. The second kappa shape index (κ2) is 17.1. The van der Waals surface area contributed by atoms with E-state index in [1.165, 1.54) is 49.8 Å². The Morgan fingerprint density at radius 2 is 1.78 bits per heavy atom. The number of fused-ring (bicyclic) bond motifs is 1. The lowest BCUT2D eigenvalue weighted by Gasteiger charge is -2.19. The van der Waals surface area contributed by atoms with E-state index in [1.54, 1.807) is 32.2 Å². The number of amides is 1. The number of aromatic nitrogens is 3. The summed E-state index contributed by atoms with van der Waals surface area (Å²) in [5, 5.41) is 18.7. The molecule has 0 spiro atoms. The van der Waals surface area contributed by atoms with Gasteiger partial charge in [0.25, 0.3) is 5.56 Å². The Balaban J connectivity index is 0.000000241. The summed E-state index contributed by atoms with van der Waals surface area (Å²) in [4.78, 5) is 53.5. The molecule has 2 aromatic heterocycles. The fourth-order valence-corrected chi connectivity index (χ4v) is 6.38. The van der Waals surface area contributed by atoms with Gasteiger partial charge in [0.05, 0.1) is 35.9 Å². The highest BCUT2D eigenvalue weighted by Crippen LogP contribution is 2.40. The predicted octanol–water partition coefficient (Wildman–Crippen LogP) is 5.16. The third kappa shape index (κ3) is 8.63. The molecule has 3 aromatic carbocycles. The number of nitrogens with two attached hydrogens (primary N) is 1. The smallest absolute Gasteiger partial charge is 0.419 e. The van der Waals surface area contributed by atoms with Gasteiger partial charge in [-0.15, -0.1) is 11.8 Å². The highest BCUT2D eigenvalue weighted by molar-refractivity contribution is 7.99. The van der Waals surface area contributed by atoms with Crippen molar-refractivity contribution in [2.45, 2.75) is 44.3 Å². The summed E-state index contributed by atoms with van der Waals surface area (Å²) in [6, 6.07) is 9.77. The number of carbonyl (C=O) groups is 2. The van der Waals surface area contributed by atoms with E-state index in [2.05, 4.69) is 4.98 Å². The molecule has 2 unspecified atom stereocenters. The summed E-state index contributed by atoms with van der Waals surface area (Å²) in [6.07, 6.45) is -0.887. The van der Waals surface area contributed by atoms with Gasteiger partial charge in [0.1, 0.15) is 28.7 Å². The molecule has 5 rings (SSSR count). The van der Waals surface area contributed by atoms with Crippen molar-refractivity contribution in [2.75, 3.05) is 12.9 Å². The topological polar surface area (TPSA) is 167 Å². The van der Waals surface area contributed by atoms with Crippen LogP contribution >= 0.6 is 11.8 Å². The number of aromatic hydroxyl groups is 1. The monoisotopic (exact) mass is 774 g/mol. The molecule has 0 saturated heterocycles. The van der Waals surface area contributed by atoms with E-state index >= 15 is 0 Å². The molecule has 0 radical (unpaired) electrons. The third-order valence-electron chi connectivity index (χ3n) is 8.40. The number of primary amides is 1. The number of esters is 1. The summed E-state index contributed by atoms with van der Waals surface area (Å²) in [6.45, 7) is 2.95. The van der Waals surface area contributed by atoms with Gasteiger partial charge >= 0.3 is 17.8 Å².